The number of ether oxygens (including phenoxy) is 2. The lowest BCUT2D eigenvalue weighted by molar-refractivity contribution is 0.0650. The van der Waals surface area contributed by atoms with Gasteiger partial charge in [-0.2, -0.15) is 0 Å². The maximum atomic E-state index is 16.2. The van der Waals surface area contributed by atoms with Crippen molar-refractivity contribution in [2.75, 3.05) is 19.6 Å². The van der Waals surface area contributed by atoms with Gasteiger partial charge in [0.2, 0.25) is 0 Å². The minimum absolute atomic E-state index is 0.0415. The Kier molecular flexibility index (Phi) is 12.7. The summed E-state index contributed by atoms with van der Waals surface area (Å²) in [5.41, 5.74) is 1.16. The fourth-order valence-corrected chi connectivity index (χ4v) is 7.15. The maximum absolute atomic E-state index is 16.2. The molecule has 1 N–H and O–H groups in total. The van der Waals surface area contributed by atoms with Gasteiger partial charge in [0.15, 0.2) is 0 Å². The summed E-state index contributed by atoms with van der Waals surface area (Å²) in [5.74, 6) is -0.401. The van der Waals surface area contributed by atoms with Crippen LogP contribution in [0.15, 0.2) is 60.7 Å². The van der Waals surface area contributed by atoms with Crippen LogP contribution in [0, 0.1) is 11.6 Å². The second-order valence-electron chi connectivity index (χ2n) is 14.2. The molecule has 3 aromatic carbocycles. The van der Waals surface area contributed by atoms with Crippen molar-refractivity contribution in [1.29, 1.82) is 0 Å². The quantitative estimate of drug-likeness (QED) is 0.263. The van der Waals surface area contributed by atoms with Crippen molar-refractivity contribution in [3.63, 3.8) is 0 Å². The molecule has 0 aromatic heterocycles. The minimum atomic E-state index is -1.55. The molecule has 1 fully saturated rings. The Labute approximate surface area is 280 Å². The number of halogens is 3. The van der Waals surface area contributed by atoms with Crippen LogP contribution < -0.4 is 14.8 Å². The summed E-state index contributed by atoms with van der Waals surface area (Å²) in [6, 6.07) is 17.4. The van der Waals surface area contributed by atoms with Gasteiger partial charge in [-0.1, -0.05) is 62.1 Å². The molecule has 0 amide bonds. The summed E-state index contributed by atoms with van der Waals surface area (Å²) in [6.07, 6.45) is 11.3. The molecule has 1 saturated heterocycles. The maximum Gasteiger partial charge on any atom is 0.134 e. The van der Waals surface area contributed by atoms with Crippen LogP contribution in [0.5, 0.6) is 11.5 Å². The first-order chi connectivity index (χ1) is 22.7. The zero-order valence-corrected chi connectivity index (χ0v) is 28.5. The first-order valence-electron chi connectivity index (χ1n) is 17.8. The van der Waals surface area contributed by atoms with Crippen molar-refractivity contribution in [2.45, 2.75) is 122 Å². The van der Waals surface area contributed by atoms with Crippen molar-refractivity contribution in [3.05, 3.63) is 94.6 Å². The van der Waals surface area contributed by atoms with E-state index in [0.717, 1.165) is 68.3 Å². The van der Waals surface area contributed by atoms with Crippen LogP contribution in [0.4, 0.5) is 13.2 Å². The van der Waals surface area contributed by atoms with E-state index < -0.39 is 23.3 Å². The molecule has 0 saturated carbocycles. The number of nitrogens with one attached hydrogen (secondary N) is 1. The third-order valence-electron chi connectivity index (χ3n) is 9.52. The molecular weight excluding hydrogens is 597 g/mol. The number of nitrogens with zero attached hydrogens (tertiary/aromatic N) is 1. The highest BCUT2D eigenvalue weighted by Crippen LogP contribution is 2.43. The standard InChI is InChI=1S/C40H53F3N2O2/c1-29-23-31-24-33(46-27-30-15-9-8-10-16-30)19-20-35(31)39(45(29)28-40(2,3)43)38-36(41)25-34(26-37(38)42)47-32-17-11-4-6-13-21-44-22-14-7-5-12-18-32/h8-10,15-16,19-20,24-26,29,32,39,44H,4-7,11-14,17-18,21-23,27-28H2,1-3H3/t29-,39?/m1/s1. The molecule has 5 rings (SSSR count). The van der Waals surface area contributed by atoms with E-state index >= 15 is 13.2 Å². The zero-order valence-electron chi connectivity index (χ0n) is 28.5. The lowest BCUT2D eigenvalue weighted by atomic mass is 9.83. The third-order valence-corrected chi connectivity index (χ3v) is 9.52. The van der Waals surface area contributed by atoms with Gasteiger partial charge in [-0.3, -0.25) is 4.90 Å². The molecule has 47 heavy (non-hydrogen) atoms. The Hall–Kier alpha value is -3.03. The Morgan fingerprint density at radius 2 is 1.45 bits per heavy atom. The van der Waals surface area contributed by atoms with Crippen LogP contribution in [0.25, 0.3) is 0 Å². The Balaban J connectivity index is 1.39. The van der Waals surface area contributed by atoms with Crippen LogP contribution in [0.3, 0.4) is 0 Å². The molecule has 4 nitrogen and oxygen atoms in total. The van der Waals surface area contributed by atoms with Gasteiger partial charge in [-0.05, 0) is 108 Å². The molecule has 7 heteroatoms. The van der Waals surface area contributed by atoms with Gasteiger partial charge in [0.05, 0.1) is 12.1 Å². The largest absolute Gasteiger partial charge is 0.490 e. The third kappa shape index (κ3) is 10.2. The van der Waals surface area contributed by atoms with E-state index in [-0.39, 0.29) is 30.0 Å². The summed E-state index contributed by atoms with van der Waals surface area (Å²) in [6.45, 7) is 7.62. The topological polar surface area (TPSA) is 33.7 Å². The summed E-state index contributed by atoms with van der Waals surface area (Å²) in [5, 5.41) is 3.53. The Morgan fingerprint density at radius 3 is 2.09 bits per heavy atom. The van der Waals surface area contributed by atoms with Gasteiger partial charge in [-0.25, -0.2) is 13.2 Å². The second kappa shape index (κ2) is 16.9. The number of fused-ring (bicyclic) bond motifs is 1. The predicted molar refractivity (Wildman–Crippen MR) is 184 cm³/mol. The van der Waals surface area contributed by atoms with Crippen LogP contribution in [0.2, 0.25) is 0 Å². The SMILES string of the molecule is C[C@@H]1Cc2cc(OCc3ccccc3)ccc2C(c2c(F)cc(OC3CCCCCCNCCCCCC3)cc2F)N1CC(C)(C)F. The molecule has 2 atom stereocenters. The van der Waals surface area contributed by atoms with E-state index in [2.05, 4.69) is 5.32 Å². The fraction of sp³-hybridized carbons (Fsp3) is 0.550. The summed E-state index contributed by atoms with van der Waals surface area (Å²) >= 11 is 0. The average Bonchev–Trinajstić information content (AvgIpc) is 3.02. The molecule has 2 aliphatic heterocycles. The molecule has 0 spiro atoms. The van der Waals surface area contributed by atoms with E-state index in [1.165, 1.54) is 51.7 Å². The van der Waals surface area contributed by atoms with Crippen molar-refractivity contribution in [3.8, 4) is 11.5 Å². The first kappa shape index (κ1) is 35.3. The molecule has 0 radical (unpaired) electrons. The van der Waals surface area contributed by atoms with Crippen molar-refractivity contribution < 1.29 is 22.6 Å². The van der Waals surface area contributed by atoms with E-state index in [4.69, 9.17) is 9.47 Å². The number of hydrogen-bond donors (Lipinski definition) is 1. The number of hydrogen-bond acceptors (Lipinski definition) is 4. The normalized spacial score (nSPS) is 21.1. The zero-order chi connectivity index (χ0) is 33.2. The molecule has 2 aliphatic rings. The summed E-state index contributed by atoms with van der Waals surface area (Å²) in [7, 11) is 0. The van der Waals surface area contributed by atoms with Gasteiger partial charge in [-0.15, -0.1) is 0 Å². The van der Waals surface area contributed by atoms with E-state index in [1.54, 1.807) is 0 Å². The Bertz CT molecular complexity index is 1370. The molecule has 2 heterocycles. The first-order valence-corrected chi connectivity index (χ1v) is 17.8. The van der Waals surface area contributed by atoms with Crippen molar-refractivity contribution in [1.82, 2.24) is 10.2 Å². The monoisotopic (exact) mass is 650 g/mol. The highest BCUT2D eigenvalue weighted by Gasteiger charge is 2.39. The number of benzene rings is 3. The highest BCUT2D eigenvalue weighted by molar-refractivity contribution is 5.46. The van der Waals surface area contributed by atoms with Crippen LogP contribution in [-0.4, -0.2) is 42.3 Å². The molecule has 0 aliphatic carbocycles. The van der Waals surface area contributed by atoms with Gasteiger partial charge in [0.1, 0.15) is 35.4 Å². The van der Waals surface area contributed by atoms with Crippen LogP contribution >= 0.6 is 0 Å². The van der Waals surface area contributed by atoms with Crippen LogP contribution in [0.1, 0.15) is 113 Å². The predicted octanol–water partition coefficient (Wildman–Crippen LogP) is 9.88. The number of alkyl halides is 1. The molecule has 0 bridgehead atoms. The second-order valence-corrected chi connectivity index (χ2v) is 14.2. The van der Waals surface area contributed by atoms with Gasteiger partial charge >= 0.3 is 0 Å². The molecule has 256 valence electrons. The van der Waals surface area contributed by atoms with Crippen molar-refractivity contribution in [2.24, 2.45) is 0 Å². The van der Waals surface area contributed by atoms with E-state index in [0.29, 0.717) is 18.8 Å². The van der Waals surface area contributed by atoms with Gasteiger partial charge < -0.3 is 14.8 Å². The number of rotatable bonds is 8. The lowest BCUT2D eigenvalue weighted by Crippen LogP contribution is -2.48. The average molecular weight is 651 g/mol. The van der Waals surface area contributed by atoms with E-state index in [1.807, 2.05) is 60.4 Å². The van der Waals surface area contributed by atoms with E-state index in [9.17, 15) is 0 Å². The summed E-state index contributed by atoms with van der Waals surface area (Å²) < 4.78 is 60.1. The lowest BCUT2D eigenvalue weighted by Gasteiger charge is -2.44. The smallest absolute Gasteiger partial charge is 0.134 e. The molecular formula is C40H53F3N2O2. The fourth-order valence-electron chi connectivity index (χ4n) is 7.15. The van der Waals surface area contributed by atoms with Crippen LogP contribution in [-0.2, 0) is 13.0 Å². The van der Waals surface area contributed by atoms with Gasteiger partial charge in [0.25, 0.3) is 0 Å². The van der Waals surface area contributed by atoms with Crippen molar-refractivity contribution >= 4 is 0 Å². The summed E-state index contributed by atoms with van der Waals surface area (Å²) in [4.78, 5) is 1.90. The minimum Gasteiger partial charge on any atom is -0.490 e. The molecule has 3 aromatic rings. The Morgan fingerprint density at radius 1 is 0.809 bits per heavy atom. The molecule has 1 unspecified atom stereocenters. The highest BCUT2D eigenvalue weighted by atomic mass is 19.1. The van der Waals surface area contributed by atoms with Gasteiger partial charge in [0, 0.05) is 30.3 Å².